The van der Waals surface area contributed by atoms with Crippen LogP contribution in [-0.4, -0.2) is 57.3 Å². The summed E-state index contributed by atoms with van der Waals surface area (Å²) < 4.78 is 1.55. The number of nitrogens with one attached hydrogen (secondary N) is 2. The molecule has 2 aromatic heterocycles. The highest BCUT2D eigenvalue weighted by Gasteiger charge is 2.20. The highest BCUT2D eigenvalue weighted by Crippen LogP contribution is 2.13. The molecule has 1 fully saturated rings. The van der Waals surface area contributed by atoms with Crippen LogP contribution in [-0.2, 0) is 4.79 Å². The molecule has 0 aliphatic carbocycles. The van der Waals surface area contributed by atoms with Crippen LogP contribution in [0.25, 0.3) is 5.95 Å². The molecule has 9 heteroatoms. The topological polar surface area (TPSA) is 101 Å². The lowest BCUT2D eigenvalue weighted by atomic mass is 10.4. The van der Waals surface area contributed by atoms with E-state index < -0.39 is 0 Å². The van der Waals surface area contributed by atoms with Crippen LogP contribution in [0.1, 0.15) is 0 Å². The second-order valence-corrected chi connectivity index (χ2v) is 4.23. The number of carbonyl (C=O) groups excluding carboxylic acids is 1. The first-order valence-corrected chi connectivity index (χ1v) is 6.22. The lowest BCUT2D eigenvalue weighted by molar-refractivity contribution is -0.120. The van der Waals surface area contributed by atoms with E-state index in [2.05, 4.69) is 30.7 Å². The minimum atomic E-state index is -0.0386. The molecular weight excluding hydrogens is 260 g/mol. The molecule has 1 amide bonds. The van der Waals surface area contributed by atoms with Gasteiger partial charge in [-0.15, -0.1) is 0 Å². The summed E-state index contributed by atoms with van der Waals surface area (Å²) in [5.74, 6) is 1.27. The van der Waals surface area contributed by atoms with Crippen LogP contribution >= 0.6 is 0 Å². The predicted octanol–water partition coefficient (Wildman–Crippen LogP) is -0.965. The van der Waals surface area contributed by atoms with E-state index in [-0.39, 0.29) is 12.5 Å². The largest absolute Gasteiger partial charge is 0.357 e. The first-order valence-electron chi connectivity index (χ1n) is 6.22. The fraction of sp³-hybridized carbons (Fsp3) is 0.364. The molecule has 3 rings (SSSR count). The van der Waals surface area contributed by atoms with Crippen molar-refractivity contribution in [1.29, 1.82) is 0 Å². The van der Waals surface area contributed by atoms with Gasteiger partial charge in [-0.25, -0.2) is 4.68 Å². The molecule has 0 saturated carbocycles. The number of piperazine rings is 1. The van der Waals surface area contributed by atoms with Crippen LogP contribution in [0.5, 0.6) is 0 Å². The zero-order valence-electron chi connectivity index (χ0n) is 10.9. The summed E-state index contributed by atoms with van der Waals surface area (Å²) >= 11 is 0. The number of hydrogen-bond donors (Lipinski definition) is 2. The van der Waals surface area contributed by atoms with Crippen molar-refractivity contribution in [1.82, 2.24) is 30.0 Å². The Morgan fingerprint density at radius 2 is 2.15 bits per heavy atom. The van der Waals surface area contributed by atoms with Crippen molar-refractivity contribution in [3.8, 4) is 5.95 Å². The van der Waals surface area contributed by atoms with Crippen molar-refractivity contribution in [2.45, 2.75) is 0 Å². The molecule has 1 aliphatic rings. The van der Waals surface area contributed by atoms with Crippen molar-refractivity contribution >= 4 is 17.8 Å². The number of aromatic nitrogens is 5. The lowest BCUT2D eigenvalue weighted by Crippen LogP contribution is -2.48. The second-order valence-electron chi connectivity index (χ2n) is 4.23. The molecular formula is C11H14N8O. The Bertz CT molecular complexity index is 611. The van der Waals surface area contributed by atoms with E-state index >= 15 is 0 Å². The Morgan fingerprint density at radius 3 is 2.85 bits per heavy atom. The highest BCUT2D eigenvalue weighted by molar-refractivity contribution is 5.81. The number of hydrogen-bond acceptors (Lipinski definition) is 7. The van der Waals surface area contributed by atoms with E-state index in [1.165, 1.54) is 0 Å². The smallest absolute Gasteiger partial charge is 0.257 e. The molecule has 1 aliphatic heterocycles. The first-order chi connectivity index (χ1) is 9.76. The molecule has 20 heavy (non-hydrogen) atoms. The van der Waals surface area contributed by atoms with Crippen LogP contribution in [0, 0.1) is 0 Å². The van der Waals surface area contributed by atoms with E-state index in [9.17, 15) is 4.79 Å². The average Bonchev–Trinajstić information content (AvgIpc) is 3.01. The summed E-state index contributed by atoms with van der Waals surface area (Å²) in [4.78, 5) is 26.2. The summed E-state index contributed by atoms with van der Waals surface area (Å²) in [5.41, 5.74) is 0. The SMILES string of the molecule is CNc1nc(N2CCNC(=O)C2)nc(-n2cccn2)n1. The van der Waals surface area contributed by atoms with Crippen LogP contribution in [0.3, 0.4) is 0 Å². The third-order valence-corrected chi connectivity index (χ3v) is 2.87. The summed E-state index contributed by atoms with van der Waals surface area (Å²) in [6.07, 6.45) is 3.40. The summed E-state index contributed by atoms with van der Waals surface area (Å²) in [6, 6.07) is 1.79. The van der Waals surface area contributed by atoms with Gasteiger partial charge in [-0.1, -0.05) is 0 Å². The summed E-state index contributed by atoms with van der Waals surface area (Å²) in [6.45, 7) is 1.49. The molecule has 9 nitrogen and oxygen atoms in total. The number of rotatable bonds is 3. The number of amides is 1. The van der Waals surface area contributed by atoms with Crippen molar-refractivity contribution in [2.75, 3.05) is 36.9 Å². The fourth-order valence-corrected chi connectivity index (χ4v) is 1.91. The maximum Gasteiger partial charge on any atom is 0.257 e. The zero-order chi connectivity index (χ0) is 13.9. The van der Waals surface area contributed by atoms with E-state index in [4.69, 9.17) is 0 Å². The molecule has 2 aromatic rings. The third-order valence-electron chi connectivity index (χ3n) is 2.87. The Hall–Kier alpha value is -2.71. The van der Waals surface area contributed by atoms with Gasteiger partial charge < -0.3 is 15.5 Å². The van der Waals surface area contributed by atoms with Gasteiger partial charge in [0.1, 0.15) is 0 Å². The monoisotopic (exact) mass is 274 g/mol. The van der Waals surface area contributed by atoms with E-state index in [1.807, 2.05) is 4.90 Å². The molecule has 3 heterocycles. The standard InChI is InChI=1S/C11H14N8O/c1-12-9-15-10(18-6-4-13-8(20)7-18)17-11(16-9)19-5-2-3-14-19/h2-3,5H,4,6-7H2,1H3,(H,13,20)(H,12,15,16,17). The van der Waals surface area contributed by atoms with Gasteiger partial charge in [0.25, 0.3) is 5.95 Å². The van der Waals surface area contributed by atoms with Crippen molar-refractivity contribution < 1.29 is 4.79 Å². The Kier molecular flexibility index (Phi) is 3.15. The third kappa shape index (κ3) is 2.37. The van der Waals surface area contributed by atoms with Crippen molar-refractivity contribution in [3.63, 3.8) is 0 Å². The van der Waals surface area contributed by atoms with Gasteiger partial charge in [-0.05, 0) is 6.07 Å². The van der Waals surface area contributed by atoms with Crippen molar-refractivity contribution in [2.24, 2.45) is 0 Å². The van der Waals surface area contributed by atoms with E-state index in [0.717, 1.165) is 0 Å². The quantitative estimate of drug-likeness (QED) is 0.743. The minimum absolute atomic E-state index is 0.0386. The number of anilines is 2. The molecule has 2 N–H and O–H groups in total. The molecule has 0 aromatic carbocycles. The Labute approximate surface area is 115 Å². The maximum absolute atomic E-state index is 11.5. The molecule has 0 bridgehead atoms. The van der Waals surface area contributed by atoms with Crippen molar-refractivity contribution in [3.05, 3.63) is 18.5 Å². The molecule has 0 radical (unpaired) electrons. The van der Waals surface area contributed by atoms with Crippen LogP contribution in [0.15, 0.2) is 18.5 Å². The first kappa shape index (κ1) is 12.3. The van der Waals surface area contributed by atoms with Gasteiger partial charge in [0.2, 0.25) is 17.8 Å². The molecule has 0 atom stereocenters. The van der Waals surface area contributed by atoms with E-state index in [1.54, 1.807) is 30.2 Å². The van der Waals surface area contributed by atoms with Gasteiger partial charge in [-0.2, -0.15) is 20.1 Å². The van der Waals surface area contributed by atoms with Gasteiger partial charge in [0.15, 0.2) is 0 Å². The second kappa shape index (κ2) is 5.11. The van der Waals surface area contributed by atoms with Gasteiger partial charge in [0, 0.05) is 32.5 Å². The molecule has 104 valence electrons. The molecule has 0 spiro atoms. The minimum Gasteiger partial charge on any atom is -0.357 e. The summed E-state index contributed by atoms with van der Waals surface area (Å²) in [7, 11) is 1.73. The number of nitrogens with zero attached hydrogens (tertiary/aromatic N) is 6. The predicted molar refractivity (Wildman–Crippen MR) is 71.7 cm³/mol. The molecule has 1 saturated heterocycles. The normalized spacial score (nSPS) is 15.1. The maximum atomic E-state index is 11.5. The molecule has 0 unspecified atom stereocenters. The summed E-state index contributed by atoms with van der Waals surface area (Å²) in [5, 5.41) is 9.76. The van der Waals surface area contributed by atoms with Crippen LogP contribution in [0.2, 0.25) is 0 Å². The van der Waals surface area contributed by atoms with Crippen LogP contribution in [0.4, 0.5) is 11.9 Å². The zero-order valence-corrected chi connectivity index (χ0v) is 10.9. The Balaban J connectivity index is 1.98. The lowest BCUT2D eigenvalue weighted by Gasteiger charge is -2.26. The number of carbonyl (C=O) groups is 1. The Morgan fingerprint density at radius 1 is 1.30 bits per heavy atom. The van der Waals surface area contributed by atoms with E-state index in [0.29, 0.717) is 30.9 Å². The highest BCUT2D eigenvalue weighted by atomic mass is 16.2. The van der Waals surface area contributed by atoms with Gasteiger partial charge in [0.05, 0.1) is 6.54 Å². The fourth-order valence-electron chi connectivity index (χ4n) is 1.91. The average molecular weight is 274 g/mol. The van der Waals surface area contributed by atoms with Gasteiger partial charge in [-0.3, -0.25) is 4.79 Å². The van der Waals surface area contributed by atoms with Crippen LogP contribution < -0.4 is 15.5 Å². The van der Waals surface area contributed by atoms with Gasteiger partial charge >= 0.3 is 0 Å².